The van der Waals surface area contributed by atoms with Crippen molar-refractivity contribution in [2.75, 3.05) is 11.6 Å². The summed E-state index contributed by atoms with van der Waals surface area (Å²) < 4.78 is 78.5. The van der Waals surface area contributed by atoms with Gasteiger partial charge in [-0.15, -0.1) is 0 Å². The Bertz CT molecular complexity index is 1250. The predicted octanol–water partition coefficient (Wildman–Crippen LogP) is 5.13. The van der Waals surface area contributed by atoms with Crippen LogP contribution in [0.1, 0.15) is 72.6 Å². The number of carbonyl (C=O) groups is 1. The minimum absolute atomic E-state index is 0.0395. The molecule has 5 rings (SSSR count). The van der Waals surface area contributed by atoms with Gasteiger partial charge in [0.05, 0.1) is 22.0 Å². The van der Waals surface area contributed by atoms with E-state index >= 15 is 4.39 Å². The van der Waals surface area contributed by atoms with Gasteiger partial charge in [-0.05, 0) is 56.1 Å². The maximum Gasteiger partial charge on any atom is 0.420 e. The Morgan fingerprint density at radius 3 is 2.53 bits per heavy atom. The van der Waals surface area contributed by atoms with Gasteiger partial charge < -0.3 is 5.32 Å². The van der Waals surface area contributed by atoms with E-state index in [9.17, 15) is 22.2 Å². The second kappa shape index (κ2) is 7.50. The number of nitrogens with one attached hydrogen (secondary N) is 2. The van der Waals surface area contributed by atoms with Crippen LogP contribution < -0.4 is 5.32 Å². The topological polar surface area (TPSA) is 101 Å². The van der Waals surface area contributed by atoms with Crippen LogP contribution in [-0.2, 0) is 22.5 Å². The molecular weight excluding hydrogens is 474 g/mol. The summed E-state index contributed by atoms with van der Waals surface area (Å²) in [6, 6.07) is 2.51. The lowest BCUT2D eigenvalue weighted by Crippen LogP contribution is -2.54. The Morgan fingerprint density at radius 2 is 2.00 bits per heavy atom. The molecule has 1 spiro atoms. The SMILES string of the molecule is C[S@@](=N)(=O)c1cc(NC(=O)c2c(C(F)(F)F)c(C3CC3)nn2CC2(F)CC3(CCC3)C2)ccn1. The van der Waals surface area contributed by atoms with Crippen LogP contribution in [0.2, 0.25) is 0 Å². The van der Waals surface area contributed by atoms with Crippen molar-refractivity contribution >= 4 is 21.3 Å². The third-order valence-corrected chi connectivity index (χ3v) is 8.09. The number of hydrogen-bond donors (Lipinski definition) is 2. The third kappa shape index (κ3) is 4.20. The molecule has 3 saturated carbocycles. The summed E-state index contributed by atoms with van der Waals surface area (Å²) in [7, 11) is -3.20. The summed E-state index contributed by atoms with van der Waals surface area (Å²) >= 11 is 0. The number of rotatable bonds is 6. The molecule has 0 radical (unpaired) electrons. The van der Waals surface area contributed by atoms with Crippen LogP contribution in [0.25, 0.3) is 0 Å². The summed E-state index contributed by atoms with van der Waals surface area (Å²) in [5.41, 5.74) is -3.76. The highest BCUT2D eigenvalue weighted by atomic mass is 32.2. The number of amides is 1. The van der Waals surface area contributed by atoms with Gasteiger partial charge in [0.2, 0.25) is 0 Å². The van der Waals surface area contributed by atoms with Crippen molar-refractivity contribution in [3.8, 4) is 0 Å². The molecule has 0 aromatic carbocycles. The van der Waals surface area contributed by atoms with Gasteiger partial charge in [-0.1, -0.05) is 6.42 Å². The lowest BCUT2D eigenvalue weighted by molar-refractivity contribution is -0.139. The molecule has 2 aromatic heterocycles. The molecular formula is C22H25F4N5O2S. The van der Waals surface area contributed by atoms with E-state index in [0.29, 0.717) is 12.8 Å². The van der Waals surface area contributed by atoms with Crippen LogP contribution in [0.4, 0.5) is 23.2 Å². The zero-order chi connectivity index (χ0) is 24.5. The van der Waals surface area contributed by atoms with Crippen molar-refractivity contribution in [2.24, 2.45) is 5.41 Å². The van der Waals surface area contributed by atoms with Crippen molar-refractivity contribution in [2.45, 2.75) is 74.3 Å². The fourth-order valence-corrected chi connectivity index (χ4v) is 5.95. The maximum absolute atomic E-state index is 15.5. The van der Waals surface area contributed by atoms with Crippen molar-refractivity contribution in [3.63, 3.8) is 0 Å². The number of anilines is 1. The zero-order valence-electron chi connectivity index (χ0n) is 18.5. The molecule has 34 heavy (non-hydrogen) atoms. The molecule has 0 unspecified atom stereocenters. The molecule has 0 aliphatic heterocycles. The number of carbonyl (C=O) groups excluding carboxylic acids is 1. The highest BCUT2D eigenvalue weighted by molar-refractivity contribution is 7.91. The lowest BCUT2D eigenvalue weighted by Gasteiger charge is -2.57. The van der Waals surface area contributed by atoms with E-state index in [4.69, 9.17) is 4.78 Å². The van der Waals surface area contributed by atoms with Crippen LogP contribution in [-0.4, -0.2) is 36.8 Å². The molecule has 1 amide bonds. The van der Waals surface area contributed by atoms with Gasteiger partial charge in [-0.2, -0.15) is 18.3 Å². The first-order valence-electron chi connectivity index (χ1n) is 11.2. The van der Waals surface area contributed by atoms with Crippen LogP contribution in [0.5, 0.6) is 0 Å². The fourth-order valence-electron chi connectivity index (χ4n) is 5.34. The smallest absolute Gasteiger partial charge is 0.320 e. The highest BCUT2D eigenvalue weighted by Crippen LogP contribution is 2.62. The Hall–Kier alpha value is -2.50. The third-order valence-electron chi connectivity index (χ3n) is 7.06. The summed E-state index contributed by atoms with van der Waals surface area (Å²) in [5, 5.41) is 6.40. The molecule has 0 saturated heterocycles. The van der Waals surface area contributed by atoms with Gasteiger partial charge >= 0.3 is 6.18 Å². The first kappa shape index (κ1) is 23.3. The van der Waals surface area contributed by atoms with Crippen molar-refractivity contribution in [1.82, 2.24) is 14.8 Å². The first-order chi connectivity index (χ1) is 15.8. The number of aromatic nitrogens is 3. The van der Waals surface area contributed by atoms with E-state index in [1.165, 1.54) is 18.3 Å². The largest absolute Gasteiger partial charge is 0.420 e. The van der Waals surface area contributed by atoms with Crippen molar-refractivity contribution in [1.29, 1.82) is 4.78 Å². The Balaban J connectivity index is 1.51. The molecule has 3 fully saturated rings. The van der Waals surface area contributed by atoms with Gasteiger partial charge in [0.1, 0.15) is 22.0 Å². The summed E-state index contributed by atoms with van der Waals surface area (Å²) in [6.07, 6.45) is 2.00. The Labute approximate surface area is 194 Å². The normalized spacial score (nSPS) is 22.5. The molecule has 0 bridgehead atoms. The van der Waals surface area contributed by atoms with Crippen LogP contribution in [0, 0.1) is 10.2 Å². The van der Waals surface area contributed by atoms with Crippen LogP contribution in [0.15, 0.2) is 23.4 Å². The summed E-state index contributed by atoms with van der Waals surface area (Å²) in [5.74, 6) is -1.49. The van der Waals surface area contributed by atoms with E-state index in [1.807, 2.05) is 0 Å². The van der Waals surface area contributed by atoms with E-state index < -0.39 is 51.2 Å². The van der Waals surface area contributed by atoms with Gasteiger partial charge in [0.15, 0.2) is 0 Å². The van der Waals surface area contributed by atoms with E-state index in [2.05, 4.69) is 15.4 Å². The van der Waals surface area contributed by atoms with E-state index in [-0.39, 0.29) is 34.7 Å². The number of alkyl halides is 4. The van der Waals surface area contributed by atoms with E-state index in [1.54, 1.807) is 0 Å². The van der Waals surface area contributed by atoms with E-state index in [0.717, 1.165) is 30.2 Å². The average Bonchev–Trinajstić information content (AvgIpc) is 3.44. The quantitative estimate of drug-likeness (QED) is 0.538. The number of nitrogens with zero attached hydrogens (tertiary/aromatic N) is 3. The van der Waals surface area contributed by atoms with Gasteiger partial charge in [0.25, 0.3) is 5.91 Å². The molecule has 3 aliphatic carbocycles. The molecule has 184 valence electrons. The van der Waals surface area contributed by atoms with Gasteiger partial charge in [-0.25, -0.2) is 18.4 Å². The summed E-state index contributed by atoms with van der Waals surface area (Å²) in [4.78, 5) is 17.0. The first-order valence-corrected chi connectivity index (χ1v) is 13.1. The summed E-state index contributed by atoms with van der Waals surface area (Å²) in [6.45, 7) is -0.412. The van der Waals surface area contributed by atoms with Gasteiger partial charge in [0, 0.05) is 24.1 Å². The Morgan fingerprint density at radius 1 is 1.32 bits per heavy atom. The van der Waals surface area contributed by atoms with Crippen molar-refractivity contribution < 1.29 is 26.6 Å². The molecule has 2 N–H and O–H groups in total. The standard InChI is InChI=1S/C22H25F4N5O2S/c1-34(27,33)15-9-14(5-8-28-15)29-19(32)18-16(22(24,25)26)17(13-3-4-13)30-31(18)12-21(23)10-20(11-21)6-2-7-20/h5,8-9,13,27H,2-4,6-7,10-12H2,1H3,(H,28,29,32)/t34-/m1/s1. The molecule has 12 heteroatoms. The Kier molecular flexibility index (Phi) is 5.13. The second-order valence-corrected chi connectivity index (χ2v) is 12.2. The number of halogens is 4. The number of hydrogen-bond acceptors (Lipinski definition) is 5. The monoisotopic (exact) mass is 499 g/mol. The van der Waals surface area contributed by atoms with Gasteiger partial charge in [-0.3, -0.25) is 9.48 Å². The molecule has 3 aliphatic rings. The fraction of sp³-hybridized carbons (Fsp3) is 0.591. The molecule has 2 aromatic rings. The minimum Gasteiger partial charge on any atom is -0.320 e. The number of pyridine rings is 1. The highest BCUT2D eigenvalue weighted by Gasteiger charge is 2.58. The lowest BCUT2D eigenvalue weighted by atomic mass is 9.50. The molecule has 2 heterocycles. The molecule has 7 nitrogen and oxygen atoms in total. The second-order valence-electron chi connectivity index (χ2n) is 10.1. The maximum atomic E-state index is 15.5. The minimum atomic E-state index is -4.84. The van der Waals surface area contributed by atoms with Crippen molar-refractivity contribution in [3.05, 3.63) is 35.3 Å². The zero-order valence-corrected chi connectivity index (χ0v) is 19.4. The van der Waals surface area contributed by atoms with Crippen LogP contribution >= 0.6 is 0 Å². The molecule has 1 atom stereocenters. The van der Waals surface area contributed by atoms with Crippen LogP contribution in [0.3, 0.4) is 0 Å². The average molecular weight is 500 g/mol. The predicted molar refractivity (Wildman–Crippen MR) is 116 cm³/mol.